The van der Waals surface area contributed by atoms with E-state index in [1.165, 1.54) is 0 Å². The number of nitrogens with zero attached hydrogens (tertiary/aromatic N) is 1. The van der Waals surface area contributed by atoms with Crippen LogP contribution in [0.25, 0.3) is 0 Å². The molecule has 2 aromatic rings. The highest BCUT2D eigenvalue weighted by molar-refractivity contribution is 6.06. The van der Waals surface area contributed by atoms with Gasteiger partial charge in [-0.25, -0.2) is 0 Å². The van der Waals surface area contributed by atoms with Crippen molar-refractivity contribution in [1.29, 1.82) is 0 Å². The first-order valence-corrected chi connectivity index (χ1v) is 7.07. The second-order valence-electron chi connectivity index (χ2n) is 5.04. The molecule has 2 amide bonds. The fourth-order valence-corrected chi connectivity index (χ4v) is 2.20. The Morgan fingerprint density at radius 2 is 1.91 bits per heavy atom. The van der Waals surface area contributed by atoms with Gasteiger partial charge >= 0.3 is 0 Å². The zero-order chi connectivity index (χ0) is 16.3. The van der Waals surface area contributed by atoms with Crippen molar-refractivity contribution in [2.24, 2.45) is 0 Å². The van der Waals surface area contributed by atoms with Crippen molar-refractivity contribution in [3.63, 3.8) is 0 Å². The Hall–Kier alpha value is -2.63. The lowest BCUT2D eigenvalue weighted by molar-refractivity contribution is 0.0955. The molecule has 0 fully saturated rings. The molecule has 1 aromatic heterocycles. The van der Waals surface area contributed by atoms with E-state index in [4.69, 9.17) is 4.52 Å². The highest BCUT2D eigenvalue weighted by atomic mass is 16.5. The second kappa shape index (κ2) is 6.43. The summed E-state index contributed by atoms with van der Waals surface area (Å²) in [5.74, 6) is 0.0749. The van der Waals surface area contributed by atoms with Crippen molar-refractivity contribution < 1.29 is 14.1 Å². The normalized spacial score (nSPS) is 10.4. The fraction of sp³-hybridized carbons (Fsp3) is 0.312. The van der Waals surface area contributed by atoms with E-state index in [-0.39, 0.29) is 11.8 Å². The van der Waals surface area contributed by atoms with Gasteiger partial charge < -0.3 is 15.2 Å². The number of hydrogen-bond acceptors (Lipinski definition) is 4. The lowest BCUT2D eigenvalue weighted by Gasteiger charge is -2.10. The minimum Gasteiger partial charge on any atom is -0.361 e. The molecule has 0 atom stereocenters. The lowest BCUT2D eigenvalue weighted by Crippen LogP contribution is -2.22. The standard InChI is InChI=1S/C16H19N3O3/c1-5-17-15(20)12-6-7-13(9(2)8-12)18-16(21)14-10(3)19-22-11(14)4/h6-8H,5H2,1-4H3,(H,17,20)(H,18,21). The molecule has 2 N–H and O–H groups in total. The Balaban J connectivity index is 2.20. The monoisotopic (exact) mass is 301 g/mol. The second-order valence-corrected chi connectivity index (χ2v) is 5.04. The van der Waals surface area contributed by atoms with Crippen LogP contribution in [0.15, 0.2) is 22.7 Å². The molecule has 0 bridgehead atoms. The first-order valence-electron chi connectivity index (χ1n) is 7.07. The smallest absolute Gasteiger partial charge is 0.261 e. The first-order chi connectivity index (χ1) is 10.4. The number of hydrogen-bond donors (Lipinski definition) is 2. The number of carbonyl (C=O) groups excluding carboxylic acids is 2. The van der Waals surface area contributed by atoms with Crippen LogP contribution < -0.4 is 10.6 Å². The van der Waals surface area contributed by atoms with Gasteiger partial charge in [-0.15, -0.1) is 0 Å². The lowest BCUT2D eigenvalue weighted by atomic mass is 10.1. The van der Waals surface area contributed by atoms with Crippen molar-refractivity contribution in [3.05, 3.63) is 46.3 Å². The number of aromatic nitrogens is 1. The van der Waals surface area contributed by atoms with Crippen LogP contribution in [0.3, 0.4) is 0 Å². The summed E-state index contributed by atoms with van der Waals surface area (Å²) in [7, 11) is 0. The number of carbonyl (C=O) groups is 2. The molecule has 0 unspecified atom stereocenters. The van der Waals surface area contributed by atoms with Crippen LogP contribution in [-0.4, -0.2) is 23.5 Å². The van der Waals surface area contributed by atoms with E-state index in [9.17, 15) is 9.59 Å². The van der Waals surface area contributed by atoms with Crippen molar-refractivity contribution >= 4 is 17.5 Å². The van der Waals surface area contributed by atoms with Gasteiger partial charge in [-0.2, -0.15) is 0 Å². The Kier molecular flexibility index (Phi) is 4.60. The van der Waals surface area contributed by atoms with Gasteiger partial charge in [0, 0.05) is 17.8 Å². The van der Waals surface area contributed by atoms with Crippen molar-refractivity contribution in [3.8, 4) is 0 Å². The van der Waals surface area contributed by atoms with Crippen LogP contribution in [0.1, 0.15) is 44.7 Å². The van der Waals surface area contributed by atoms with Crippen LogP contribution in [0.4, 0.5) is 5.69 Å². The molecule has 0 aliphatic heterocycles. The summed E-state index contributed by atoms with van der Waals surface area (Å²) in [5.41, 5.74) is 3.01. The third kappa shape index (κ3) is 3.16. The molecule has 0 radical (unpaired) electrons. The van der Waals surface area contributed by atoms with E-state index in [2.05, 4.69) is 15.8 Å². The molecule has 0 saturated heterocycles. The summed E-state index contributed by atoms with van der Waals surface area (Å²) >= 11 is 0. The highest BCUT2D eigenvalue weighted by Gasteiger charge is 2.18. The molecule has 6 heteroatoms. The van der Waals surface area contributed by atoms with Crippen LogP contribution in [0, 0.1) is 20.8 Å². The molecule has 22 heavy (non-hydrogen) atoms. The maximum Gasteiger partial charge on any atom is 0.261 e. The molecule has 6 nitrogen and oxygen atoms in total. The Labute approximate surface area is 128 Å². The molecule has 0 aliphatic carbocycles. The maximum absolute atomic E-state index is 12.3. The Morgan fingerprint density at radius 1 is 1.18 bits per heavy atom. The Bertz CT molecular complexity index is 700. The summed E-state index contributed by atoms with van der Waals surface area (Å²) in [4.78, 5) is 24.1. The summed E-state index contributed by atoms with van der Waals surface area (Å²) in [6, 6.07) is 5.14. The van der Waals surface area contributed by atoms with Crippen molar-refractivity contribution in [2.45, 2.75) is 27.7 Å². The van der Waals surface area contributed by atoms with E-state index < -0.39 is 0 Å². The minimum atomic E-state index is -0.273. The predicted molar refractivity (Wildman–Crippen MR) is 83.1 cm³/mol. The molecule has 116 valence electrons. The highest BCUT2D eigenvalue weighted by Crippen LogP contribution is 2.19. The third-order valence-electron chi connectivity index (χ3n) is 3.33. The van der Waals surface area contributed by atoms with Crippen molar-refractivity contribution in [2.75, 3.05) is 11.9 Å². The molecular weight excluding hydrogens is 282 g/mol. The van der Waals surface area contributed by atoms with Gasteiger partial charge in [-0.3, -0.25) is 9.59 Å². The molecule has 0 aliphatic rings. The van der Waals surface area contributed by atoms with E-state index in [0.717, 1.165) is 5.56 Å². The molecule has 2 rings (SSSR count). The predicted octanol–water partition coefficient (Wildman–Crippen LogP) is 2.60. The average molecular weight is 301 g/mol. The van der Waals surface area contributed by atoms with E-state index in [1.807, 2.05) is 13.8 Å². The maximum atomic E-state index is 12.3. The largest absolute Gasteiger partial charge is 0.361 e. The van der Waals surface area contributed by atoms with Gasteiger partial charge in [0.15, 0.2) is 0 Å². The van der Waals surface area contributed by atoms with E-state index in [1.54, 1.807) is 32.0 Å². The number of aryl methyl sites for hydroxylation is 3. The van der Waals surface area contributed by atoms with Crippen LogP contribution in [-0.2, 0) is 0 Å². The Morgan fingerprint density at radius 3 is 2.45 bits per heavy atom. The fourth-order valence-electron chi connectivity index (χ4n) is 2.20. The quantitative estimate of drug-likeness (QED) is 0.909. The van der Waals surface area contributed by atoms with Gasteiger partial charge in [0.1, 0.15) is 11.3 Å². The van der Waals surface area contributed by atoms with E-state index in [0.29, 0.717) is 34.8 Å². The SMILES string of the molecule is CCNC(=O)c1ccc(NC(=O)c2c(C)noc2C)c(C)c1. The third-order valence-corrected chi connectivity index (χ3v) is 3.33. The number of nitrogens with one attached hydrogen (secondary N) is 2. The zero-order valence-electron chi connectivity index (χ0n) is 13.1. The van der Waals surface area contributed by atoms with E-state index >= 15 is 0 Å². The van der Waals surface area contributed by atoms with Gasteiger partial charge in [0.25, 0.3) is 11.8 Å². The van der Waals surface area contributed by atoms with Gasteiger partial charge in [0.2, 0.25) is 0 Å². The molecule has 1 heterocycles. The van der Waals surface area contributed by atoms with Crippen LogP contribution >= 0.6 is 0 Å². The van der Waals surface area contributed by atoms with Crippen LogP contribution in [0.2, 0.25) is 0 Å². The first kappa shape index (κ1) is 15.8. The molecule has 0 saturated carbocycles. The number of anilines is 1. The minimum absolute atomic E-state index is 0.130. The summed E-state index contributed by atoms with van der Waals surface area (Å²) in [5, 5.41) is 9.33. The van der Waals surface area contributed by atoms with Gasteiger partial charge in [-0.05, 0) is 51.5 Å². The molecular formula is C16H19N3O3. The van der Waals surface area contributed by atoms with Crippen LogP contribution in [0.5, 0.6) is 0 Å². The summed E-state index contributed by atoms with van der Waals surface area (Å²) in [6.07, 6.45) is 0. The summed E-state index contributed by atoms with van der Waals surface area (Å²) in [6.45, 7) is 7.69. The van der Waals surface area contributed by atoms with Crippen molar-refractivity contribution in [1.82, 2.24) is 10.5 Å². The number of amides is 2. The number of benzene rings is 1. The molecule has 0 spiro atoms. The zero-order valence-corrected chi connectivity index (χ0v) is 13.1. The van der Waals surface area contributed by atoms with Gasteiger partial charge in [0.05, 0.1) is 5.69 Å². The topological polar surface area (TPSA) is 84.2 Å². The average Bonchev–Trinajstić information content (AvgIpc) is 2.80. The molecule has 1 aromatic carbocycles. The number of rotatable bonds is 4. The summed E-state index contributed by atoms with van der Waals surface area (Å²) < 4.78 is 5.00. The van der Waals surface area contributed by atoms with Gasteiger partial charge in [-0.1, -0.05) is 5.16 Å².